The van der Waals surface area contributed by atoms with Crippen molar-refractivity contribution in [3.05, 3.63) is 48.2 Å². The predicted molar refractivity (Wildman–Crippen MR) is 142 cm³/mol. The number of aromatic nitrogens is 1. The third kappa shape index (κ3) is 4.49. The molecule has 0 saturated heterocycles. The summed E-state index contributed by atoms with van der Waals surface area (Å²) in [7, 11) is 1.74. The quantitative estimate of drug-likeness (QED) is 0.425. The van der Waals surface area contributed by atoms with Gasteiger partial charge in [0.2, 0.25) is 0 Å². The van der Waals surface area contributed by atoms with E-state index in [-0.39, 0.29) is 17.9 Å². The van der Waals surface area contributed by atoms with Crippen molar-refractivity contribution in [2.24, 2.45) is 32.8 Å². The summed E-state index contributed by atoms with van der Waals surface area (Å²) < 4.78 is 0. The van der Waals surface area contributed by atoms with Crippen LogP contribution in [-0.4, -0.2) is 69.9 Å². The number of aliphatic hydroxyl groups excluding tert-OH is 2. The molecule has 2 aliphatic heterocycles. The summed E-state index contributed by atoms with van der Waals surface area (Å²) in [6, 6.07) is 10.3. The average Bonchev–Trinajstić information content (AvgIpc) is 3.57. The van der Waals surface area contributed by atoms with E-state index in [2.05, 4.69) is 50.1 Å². The molecule has 1 aromatic heterocycles. The van der Waals surface area contributed by atoms with Crippen LogP contribution in [0.15, 0.2) is 57.7 Å². The monoisotopic (exact) mass is 487 g/mol. The molecule has 0 radical (unpaired) electrons. The first kappa shape index (κ1) is 23.1. The molecule has 4 aliphatic rings. The number of anilines is 1. The highest BCUT2D eigenvalue weighted by atomic mass is 16.3. The molecule has 36 heavy (non-hydrogen) atoms. The summed E-state index contributed by atoms with van der Waals surface area (Å²) in [6.07, 6.45) is 8.75. The zero-order chi connectivity index (χ0) is 24.6. The van der Waals surface area contributed by atoms with Crippen molar-refractivity contribution >= 4 is 34.7 Å². The molecule has 1 unspecified atom stereocenters. The zero-order valence-corrected chi connectivity index (χ0v) is 20.5. The molecule has 9 nitrogen and oxygen atoms in total. The second-order valence-corrected chi connectivity index (χ2v) is 10.3. The number of hydrazone groups is 1. The van der Waals surface area contributed by atoms with Gasteiger partial charge in [-0.15, -0.1) is 0 Å². The molecule has 188 valence electrons. The van der Waals surface area contributed by atoms with Gasteiger partial charge in [-0.05, 0) is 73.8 Å². The molecule has 2 saturated carbocycles. The Labute approximate surface area is 210 Å². The maximum absolute atomic E-state index is 10.9. The second-order valence-electron chi connectivity index (χ2n) is 10.3. The molecule has 4 N–H and O–H groups in total. The fraction of sp³-hybridized carbons (Fsp3) is 0.481. The molecule has 6 rings (SSSR count). The number of hydrogen-bond donors (Lipinski definition) is 4. The minimum Gasteiger partial charge on any atom is -0.390 e. The number of nitrogens with one attached hydrogen (secondary N) is 2. The number of benzene rings is 1. The van der Waals surface area contributed by atoms with Gasteiger partial charge in [0.05, 0.1) is 23.6 Å². The van der Waals surface area contributed by atoms with Crippen molar-refractivity contribution in [2.75, 3.05) is 18.9 Å². The minimum atomic E-state index is -0.844. The first-order chi connectivity index (χ1) is 17.6. The lowest BCUT2D eigenvalue weighted by Crippen LogP contribution is -2.45. The number of aliphatic imine (C=N–C) groups is 2. The van der Waals surface area contributed by atoms with Gasteiger partial charge in [-0.25, -0.2) is 15.0 Å². The largest absolute Gasteiger partial charge is 0.390 e. The zero-order valence-electron chi connectivity index (χ0n) is 20.5. The Balaban J connectivity index is 1.11. The summed E-state index contributed by atoms with van der Waals surface area (Å²) >= 11 is 0. The van der Waals surface area contributed by atoms with E-state index < -0.39 is 12.2 Å². The Bertz CT molecular complexity index is 1250. The van der Waals surface area contributed by atoms with E-state index in [1.807, 2.05) is 23.2 Å². The standard InChI is InChI=1S/C27H33N7O2/c1-28-33-26-20-10-11-34(27(20)31-15-30-26)22-13-19(24(35)25(22)36)7-5-16-4-6-18-8-9-23(32-21(18)12-16)29-14-17-2-3-17/h4,6,8-12,15,17,19-20,22,24-25,28,35-36H,2-3,5,7,13-14H2,1H3,(H,29,32)/b33-26-/t19-,20?,22+,24+,25-/m0/s1. The van der Waals surface area contributed by atoms with Gasteiger partial charge in [-0.3, -0.25) is 0 Å². The Kier molecular flexibility index (Phi) is 6.18. The van der Waals surface area contributed by atoms with E-state index in [1.54, 1.807) is 7.05 Å². The fourth-order valence-corrected chi connectivity index (χ4v) is 5.57. The second kappa shape index (κ2) is 9.63. The van der Waals surface area contributed by atoms with Crippen LogP contribution in [0.1, 0.15) is 31.2 Å². The summed E-state index contributed by atoms with van der Waals surface area (Å²) in [5.74, 6) is 3.02. The smallest absolute Gasteiger partial charge is 0.164 e. The molecule has 2 fully saturated rings. The highest BCUT2D eigenvalue weighted by Gasteiger charge is 2.46. The molecular formula is C27H33N7O2. The normalized spacial score (nSPS) is 30.2. The minimum absolute atomic E-state index is 0.00375. The van der Waals surface area contributed by atoms with Crippen molar-refractivity contribution in [2.45, 2.75) is 50.4 Å². The molecule has 2 aliphatic carbocycles. The van der Waals surface area contributed by atoms with Gasteiger partial charge >= 0.3 is 0 Å². The van der Waals surface area contributed by atoms with E-state index in [0.29, 0.717) is 12.3 Å². The number of amidine groups is 2. The van der Waals surface area contributed by atoms with Gasteiger partial charge in [0.1, 0.15) is 24.1 Å². The van der Waals surface area contributed by atoms with Crippen LogP contribution in [0.3, 0.4) is 0 Å². The molecule has 0 amide bonds. The number of nitrogens with zero attached hydrogens (tertiary/aromatic N) is 5. The van der Waals surface area contributed by atoms with Crippen LogP contribution in [0, 0.1) is 17.8 Å². The topological polar surface area (TPSA) is 118 Å². The number of aryl methyl sites for hydroxylation is 1. The Morgan fingerprint density at radius 1 is 1.14 bits per heavy atom. The lowest BCUT2D eigenvalue weighted by Gasteiger charge is -2.30. The molecule has 3 heterocycles. The Morgan fingerprint density at radius 3 is 2.83 bits per heavy atom. The highest BCUT2D eigenvalue weighted by Crippen LogP contribution is 2.37. The van der Waals surface area contributed by atoms with Crippen molar-refractivity contribution in [3.63, 3.8) is 0 Å². The number of aliphatic hydroxyl groups is 2. The van der Waals surface area contributed by atoms with Crippen LogP contribution in [0.2, 0.25) is 0 Å². The van der Waals surface area contributed by atoms with E-state index in [1.165, 1.54) is 24.7 Å². The maximum atomic E-state index is 10.9. The maximum Gasteiger partial charge on any atom is 0.164 e. The molecule has 1 aromatic carbocycles. The summed E-state index contributed by atoms with van der Waals surface area (Å²) in [4.78, 5) is 15.5. The van der Waals surface area contributed by atoms with Crippen LogP contribution in [0.4, 0.5) is 5.82 Å². The SMILES string of the molecule is CN/N=C1\N=CN=C2C1C=CN2[C@@H]1C[C@H](CCc2ccc3ccc(NCC4CC4)nc3c2)[C@@H](O)[C@H]1O. The Hall–Kier alpha value is -3.30. The van der Waals surface area contributed by atoms with Crippen LogP contribution in [-0.2, 0) is 6.42 Å². The lowest BCUT2D eigenvalue weighted by molar-refractivity contribution is 0.00293. The first-order valence-corrected chi connectivity index (χ1v) is 12.9. The van der Waals surface area contributed by atoms with Gasteiger partial charge in [0, 0.05) is 25.2 Å². The molecular weight excluding hydrogens is 454 g/mol. The van der Waals surface area contributed by atoms with Crippen molar-refractivity contribution in [1.29, 1.82) is 0 Å². The van der Waals surface area contributed by atoms with Gasteiger partial charge in [-0.1, -0.05) is 12.1 Å². The third-order valence-corrected chi connectivity index (χ3v) is 7.82. The number of hydrogen-bond acceptors (Lipinski definition) is 8. The van der Waals surface area contributed by atoms with Crippen molar-refractivity contribution < 1.29 is 10.2 Å². The van der Waals surface area contributed by atoms with E-state index in [9.17, 15) is 10.2 Å². The summed E-state index contributed by atoms with van der Waals surface area (Å²) in [6.45, 7) is 0.997. The summed E-state index contributed by atoms with van der Waals surface area (Å²) in [5.41, 5.74) is 4.97. The highest BCUT2D eigenvalue weighted by molar-refractivity contribution is 6.15. The molecule has 0 spiro atoms. The average molecular weight is 488 g/mol. The van der Waals surface area contributed by atoms with E-state index in [4.69, 9.17) is 4.98 Å². The van der Waals surface area contributed by atoms with Gasteiger partial charge in [0.25, 0.3) is 0 Å². The van der Waals surface area contributed by atoms with E-state index >= 15 is 0 Å². The molecule has 9 heteroatoms. The fourth-order valence-electron chi connectivity index (χ4n) is 5.57. The van der Waals surface area contributed by atoms with Crippen LogP contribution < -0.4 is 10.7 Å². The lowest BCUT2D eigenvalue weighted by atomic mass is 9.95. The van der Waals surface area contributed by atoms with Crippen LogP contribution >= 0.6 is 0 Å². The molecule has 0 bridgehead atoms. The van der Waals surface area contributed by atoms with Gasteiger partial charge in [0.15, 0.2) is 5.84 Å². The number of fused-ring (bicyclic) bond motifs is 2. The summed E-state index contributed by atoms with van der Waals surface area (Å²) in [5, 5.41) is 30.6. The molecule has 2 aromatic rings. The number of rotatable bonds is 8. The third-order valence-electron chi connectivity index (χ3n) is 7.82. The van der Waals surface area contributed by atoms with Gasteiger partial charge in [-0.2, -0.15) is 5.10 Å². The van der Waals surface area contributed by atoms with Crippen molar-refractivity contribution in [1.82, 2.24) is 15.3 Å². The van der Waals surface area contributed by atoms with Gasteiger partial charge < -0.3 is 25.9 Å². The Morgan fingerprint density at radius 2 is 2.00 bits per heavy atom. The molecule has 5 atom stereocenters. The van der Waals surface area contributed by atoms with Crippen LogP contribution in [0.25, 0.3) is 10.9 Å². The van der Waals surface area contributed by atoms with E-state index in [0.717, 1.165) is 47.9 Å². The van der Waals surface area contributed by atoms with Crippen molar-refractivity contribution in [3.8, 4) is 0 Å². The van der Waals surface area contributed by atoms with Crippen LogP contribution in [0.5, 0.6) is 0 Å². The predicted octanol–water partition coefficient (Wildman–Crippen LogP) is 2.52. The number of pyridine rings is 1. The first-order valence-electron chi connectivity index (χ1n) is 12.9.